The minimum Gasteiger partial charge on any atom is -0.336 e. The summed E-state index contributed by atoms with van der Waals surface area (Å²) >= 11 is 1.53. The van der Waals surface area contributed by atoms with Crippen molar-refractivity contribution in [3.8, 4) is 10.6 Å². The van der Waals surface area contributed by atoms with Crippen LogP contribution in [0.2, 0.25) is 0 Å². The number of carbonyl (C=O) groups is 1. The number of benzene rings is 1. The fourth-order valence-corrected chi connectivity index (χ4v) is 3.30. The van der Waals surface area contributed by atoms with Crippen molar-refractivity contribution >= 4 is 17.2 Å². The molecule has 1 amide bonds. The number of aromatic nitrogens is 1. The van der Waals surface area contributed by atoms with E-state index in [2.05, 4.69) is 16.9 Å². The fraction of sp³-hybridized carbons (Fsp3) is 0.375. The van der Waals surface area contributed by atoms with Crippen LogP contribution in [0.5, 0.6) is 0 Å². The van der Waals surface area contributed by atoms with E-state index in [4.69, 9.17) is 0 Å². The van der Waals surface area contributed by atoms with Crippen LogP contribution in [0.3, 0.4) is 0 Å². The maximum Gasteiger partial charge on any atom is 0.273 e. The molecule has 3 rings (SSSR count). The lowest BCUT2D eigenvalue weighted by atomic mass is 10.2. The molecule has 1 aliphatic rings. The van der Waals surface area contributed by atoms with Crippen LogP contribution in [0.25, 0.3) is 10.6 Å². The first-order chi connectivity index (χ1) is 10.2. The largest absolute Gasteiger partial charge is 0.336 e. The van der Waals surface area contributed by atoms with E-state index in [0.29, 0.717) is 5.69 Å². The van der Waals surface area contributed by atoms with Crippen molar-refractivity contribution in [2.45, 2.75) is 6.42 Å². The van der Waals surface area contributed by atoms with E-state index < -0.39 is 0 Å². The monoisotopic (exact) mass is 301 g/mol. The third-order valence-electron chi connectivity index (χ3n) is 3.75. The summed E-state index contributed by atoms with van der Waals surface area (Å²) in [7, 11) is 2.10. The van der Waals surface area contributed by atoms with Crippen molar-refractivity contribution in [2.75, 3.05) is 33.2 Å². The molecule has 1 saturated heterocycles. The van der Waals surface area contributed by atoms with Crippen LogP contribution in [-0.4, -0.2) is 53.9 Å². The van der Waals surface area contributed by atoms with Crippen molar-refractivity contribution in [1.29, 1.82) is 0 Å². The molecule has 0 atom stereocenters. The highest BCUT2D eigenvalue weighted by Crippen LogP contribution is 2.24. The Balaban J connectivity index is 1.75. The van der Waals surface area contributed by atoms with Crippen molar-refractivity contribution in [3.63, 3.8) is 0 Å². The highest BCUT2D eigenvalue weighted by molar-refractivity contribution is 7.13. The Bertz CT molecular complexity index is 611. The number of likely N-dealkylation sites (N-methyl/N-ethyl adjacent to an activating group) is 1. The zero-order valence-corrected chi connectivity index (χ0v) is 13.0. The van der Waals surface area contributed by atoms with Gasteiger partial charge in [0.2, 0.25) is 0 Å². The molecule has 0 N–H and O–H groups in total. The Morgan fingerprint density at radius 3 is 2.76 bits per heavy atom. The van der Waals surface area contributed by atoms with Gasteiger partial charge in [-0.3, -0.25) is 4.79 Å². The molecule has 110 valence electrons. The van der Waals surface area contributed by atoms with Gasteiger partial charge in [-0.2, -0.15) is 0 Å². The van der Waals surface area contributed by atoms with Gasteiger partial charge in [-0.05, 0) is 20.0 Å². The molecule has 2 heterocycles. The lowest BCUT2D eigenvalue weighted by Gasteiger charge is -2.19. The van der Waals surface area contributed by atoms with E-state index in [-0.39, 0.29) is 5.91 Å². The molecule has 0 unspecified atom stereocenters. The van der Waals surface area contributed by atoms with E-state index in [0.717, 1.165) is 43.2 Å². The van der Waals surface area contributed by atoms with E-state index in [1.807, 2.05) is 40.6 Å². The second kappa shape index (κ2) is 6.37. The molecule has 1 fully saturated rings. The molecular formula is C16H19N3OS. The highest BCUT2D eigenvalue weighted by atomic mass is 32.1. The summed E-state index contributed by atoms with van der Waals surface area (Å²) in [5.41, 5.74) is 1.64. The van der Waals surface area contributed by atoms with Crippen LogP contribution in [0.4, 0.5) is 0 Å². The molecule has 5 heteroatoms. The van der Waals surface area contributed by atoms with Gasteiger partial charge >= 0.3 is 0 Å². The Kier molecular flexibility index (Phi) is 4.31. The smallest absolute Gasteiger partial charge is 0.273 e. The van der Waals surface area contributed by atoms with Gasteiger partial charge in [0.1, 0.15) is 10.7 Å². The van der Waals surface area contributed by atoms with E-state index >= 15 is 0 Å². The minimum atomic E-state index is 0.0590. The Morgan fingerprint density at radius 2 is 1.95 bits per heavy atom. The summed E-state index contributed by atoms with van der Waals surface area (Å²) in [4.78, 5) is 21.3. The van der Waals surface area contributed by atoms with Gasteiger partial charge in [0, 0.05) is 30.6 Å². The molecule has 1 aromatic carbocycles. The maximum absolute atomic E-state index is 12.6. The molecule has 1 aliphatic heterocycles. The maximum atomic E-state index is 12.6. The summed E-state index contributed by atoms with van der Waals surface area (Å²) in [6, 6.07) is 10.0. The van der Waals surface area contributed by atoms with Crippen molar-refractivity contribution in [1.82, 2.24) is 14.8 Å². The van der Waals surface area contributed by atoms with Gasteiger partial charge in [0.15, 0.2) is 0 Å². The second-order valence-corrected chi connectivity index (χ2v) is 6.21. The van der Waals surface area contributed by atoms with E-state index in [9.17, 15) is 4.79 Å². The number of hydrogen-bond donors (Lipinski definition) is 0. The summed E-state index contributed by atoms with van der Waals surface area (Å²) in [6.07, 6.45) is 1.03. The quantitative estimate of drug-likeness (QED) is 0.855. The van der Waals surface area contributed by atoms with Gasteiger partial charge in [0.25, 0.3) is 5.91 Å². The van der Waals surface area contributed by atoms with Gasteiger partial charge in [0.05, 0.1) is 0 Å². The summed E-state index contributed by atoms with van der Waals surface area (Å²) in [5, 5.41) is 2.78. The number of hydrogen-bond acceptors (Lipinski definition) is 4. The van der Waals surface area contributed by atoms with E-state index in [1.54, 1.807) is 0 Å². The number of thiazole rings is 1. The van der Waals surface area contributed by atoms with E-state index in [1.165, 1.54) is 11.3 Å². The molecule has 21 heavy (non-hydrogen) atoms. The first-order valence-electron chi connectivity index (χ1n) is 7.23. The molecule has 0 bridgehead atoms. The highest BCUT2D eigenvalue weighted by Gasteiger charge is 2.21. The predicted molar refractivity (Wildman–Crippen MR) is 85.6 cm³/mol. The molecule has 0 saturated carbocycles. The standard InChI is InChI=1S/C16H19N3OS/c1-18-8-5-9-19(11-10-18)16(20)14-12-21-15(17-14)13-6-3-2-4-7-13/h2-4,6-7,12H,5,8-11H2,1H3. The molecule has 0 aliphatic carbocycles. The average Bonchev–Trinajstić information content (AvgIpc) is 2.91. The first-order valence-corrected chi connectivity index (χ1v) is 8.11. The topological polar surface area (TPSA) is 36.4 Å². The lowest BCUT2D eigenvalue weighted by Crippen LogP contribution is -2.34. The van der Waals surface area contributed by atoms with Gasteiger partial charge in [-0.25, -0.2) is 4.98 Å². The third kappa shape index (κ3) is 3.31. The normalized spacial score (nSPS) is 16.7. The van der Waals surface area contributed by atoms with Gasteiger partial charge < -0.3 is 9.80 Å². The van der Waals surface area contributed by atoms with Crippen molar-refractivity contribution < 1.29 is 4.79 Å². The van der Waals surface area contributed by atoms with Crippen LogP contribution in [0.1, 0.15) is 16.9 Å². The van der Waals surface area contributed by atoms with Gasteiger partial charge in [-0.1, -0.05) is 30.3 Å². The second-order valence-electron chi connectivity index (χ2n) is 5.35. The molecule has 1 aromatic heterocycles. The molecule has 0 spiro atoms. The SMILES string of the molecule is CN1CCCN(C(=O)c2csc(-c3ccccc3)n2)CC1. The predicted octanol–water partition coefficient (Wildman–Crippen LogP) is 2.59. The van der Waals surface area contributed by atoms with Crippen LogP contribution < -0.4 is 0 Å². The molecule has 2 aromatic rings. The Labute approximate surface area is 129 Å². The zero-order valence-electron chi connectivity index (χ0n) is 12.2. The molecule has 4 nitrogen and oxygen atoms in total. The van der Waals surface area contributed by atoms with Crippen LogP contribution >= 0.6 is 11.3 Å². The summed E-state index contributed by atoms with van der Waals surface area (Å²) < 4.78 is 0. The lowest BCUT2D eigenvalue weighted by molar-refractivity contribution is 0.0758. The van der Waals surface area contributed by atoms with Crippen LogP contribution in [0, 0.1) is 0 Å². The zero-order chi connectivity index (χ0) is 14.7. The summed E-state index contributed by atoms with van der Waals surface area (Å²) in [6.45, 7) is 3.59. The Morgan fingerprint density at radius 1 is 1.14 bits per heavy atom. The van der Waals surface area contributed by atoms with Gasteiger partial charge in [-0.15, -0.1) is 11.3 Å². The number of carbonyl (C=O) groups excluding carboxylic acids is 1. The van der Waals surface area contributed by atoms with Crippen LogP contribution in [0.15, 0.2) is 35.7 Å². The first kappa shape index (κ1) is 14.2. The average molecular weight is 301 g/mol. The summed E-state index contributed by atoms with van der Waals surface area (Å²) in [5.74, 6) is 0.0590. The minimum absolute atomic E-state index is 0.0590. The van der Waals surface area contributed by atoms with Crippen LogP contribution in [-0.2, 0) is 0 Å². The number of amides is 1. The third-order valence-corrected chi connectivity index (χ3v) is 4.64. The molecule has 0 radical (unpaired) electrons. The number of nitrogens with zero attached hydrogens (tertiary/aromatic N) is 3. The Hall–Kier alpha value is -1.72. The molecular weight excluding hydrogens is 282 g/mol. The fourth-order valence-electron chi connectivity index (χ4n) is 2.50. The van der Waals surface area contributed by atoms with Crippen molar-refractivity contribution in [2.24, 2.45) is 0 Å². The van der Waals surface area contributed by atoms with Crippen molar-refractivity contribution in [3.05, 3.63) is 41.4 Å². The number of rotatable bonds is 2.